The van der Waals surface area contributed by atoms with E-state index in [2.05, 4.69) is 55.0 Å². The maximum Gasteiger partial charge on any atom is 0.191 e. The van der Waals surface area contributed by atoms with Crippen molar-refractivity contribution >= 4 is 41.7 Å². The van der Waals surface area contributed by atoms with Crippen LogP contribution >= 0.6 is 35.7 Å². The zero-order valence-corrected chi connectivity index (χ0v) is 18.1. The Morgan fingerprint density at radius 2 is 1.96 bits per heavy atom. The van der Waals surface area contributed by atoms with Crippen molar-refractivity contribution in [3.05, 3.63) is 35.4 Å². The summed E-state index contributed by atoms with van der Waals surface area (Å²) in [4.78, 5) is 4.75. The van der Waals surface area contributed by atoms with Gasteiger partial charge in [0.1, 0.15) is 0 Å². The fraction of sp³-hybridized carbons (Fsp3) is 0.611. The second-order valence-electron chi connectivity index (χ2n) is 5.97. The topological polar surface area (TPSA) is 45.7 Å². The fourth-order valence-electron chi connectivity index (χ4n) is 2.73. The van der Waals surface area contributed by atoms with Gasteiger partial charge in [-0.3, -0.25) is 0 Å². The molecule has 2 rings (SSSR count). The van der Waals surface area contributed by atoms with Gasteiger partial charge >= 0.3 is 0 Å². The molecular weight excluding hydrogens is 433 g/mol. The third-order valence-electron chi connectivity index (χ3n) is 4.43. The molecule has 1 aromatic rings. The third kappa shape index (κ3) is 6.44. The minimum atomic E-state index is 0. The molecule has 136 valence electrons. The molecule has 0 unspecified atom stereocenters. The predicted octanol–water partition coefficient (Wildman–Crippen LogP) is 3.58. The van der Waals surface area contributed by atoms with Gasteiger partial charge in [-0.05, 0) is 44.1 Å². The van der Waals surface area contributed by atoms with Gasteiger partial charge in [-0.2, -0.15) is 11.8 Å². The molecule has 0 aromatic heterocycles. The summed E-state index contributed by atoms with van der Waals surface area (Å²) in [7, 11) is 0. The number of hydrogen-bond donors (Lipinski definition) is 2. The molecule has 0 radical (unpaired) electrons. The van der Waals surface area contributed by atoms with Crippen LogP contribution in [0.2, 0.25) is 0 Å². The average molecular weight is 463 g/mol. The van der Waals surface area contributed by atoms with Gasteiger partial charge in [-0.1, -0.05) is 24.3 Å². The van der Waals surface area contributed by atoms with Crippen LogP contribution in [0.25, 0.3) is 0 Å². The Labute approximate surface area is 167 Å². The molecule has 0 saturated carbocycles. The van der Waals surface area contributed by atoms with Crippen molar-refractivity contribution in [2.45, 2.75) is 38.0 Å². The number of nitrogens with zero attached hydrogens (tertiary/aromatic N) is 1. The maximum atomic E-state index is 5.51. The molecule has 1 aromatic carbocycles. The second kappa shape index (κ2) is 11.2. The second-order valence-corrected chi connectivity index (χ2v) is 7.25. The molecule has 0 atom stereocenters. The summed E-state index contributed by atoms with van der Waals surface area (Å²) < 4.78 is 5.77. The van der Waals surface area contributed by atoms with Crippen molar-refractivity contribution in [2.75, 3.05) is 32.6 Å². The van der Waals surface area contributed by atoms with Crippen molar-refractivity contribution < 1.29 is 4.74 Å². The first-order valence-electron chi connectivity index (χ1n) is 8.39. The van der Waals surface area contributed by atoms with E-state index in [0.29, 0.717) is 6.54 Å². The van der Waals surface area contributed by atoms with E-state index in [-0.39, 0.29) is 28.7 Å². The molecule has 1 aliphatic rings. The highest BCUT2D eigenvalue weighted by molar-refractivity contribution is 14.0. The van der Waals surface area contributed by atoms with Crippen molar-refractivity contribution in [1.82, 2.24) is 10.6 Å². The lowest BCUT2D eigenvalue weighted by Crippen LogP contribution is -2.47. The molecular formula is C18H30IN3OS. The number of ether oxygens (including phenoxy) is 1. The molecule has 0 aliphatic carbocycles. The highest BCUT2D eigenvalue weighted by Crippen LogP contribution is 2.32. The largest absolute Gasteiger partial charge is 0.381 e. The monoisotopic (exact) mass is 463 g/mol. The minimum Gasteiger partial charge on any atom is -0.381 e. The molecule has 24 heavy (non-hydrogen) atoms. The lowest BCUT2D eigenvalue weighted by atomic mass is 9.99. The summed E-state index contributed by atoms with van der Waals surface area (Å²) in [6.07, 6.45) is 4.39. The molecule has 1 fully saturated rings. The van der Waals surface area contributed by atoms with Crippen molar-refractivity contribution in [2.24, 2.45) is 4.99 Å². The van der Waals surface area contributed by atoms with Crippen LogP contribution < -0.4 is 10.6 Å². The number of guanidine groups is 1. The summed E-state index contributed by atoms with van der Waals surface area (Å²) in [5.41, 5.74) is 2.56. The van der Waals surface area contributed by atoms with Crippen molar-refractivity contribution in [3.63, 3.8) is 0 Å². The molecule has 1 saturated heterocycles. The number of hydrogen-bond acceptors (Lipinski definition) is 3. The molecule has 1 heterocycles. The molecule has 4 nitrogen and oxygen atoms in total. The van der Waals surface area contributed by atoms with Crippen LogP contribution in [0.5, 0.6) is 0 Å². The zero-order valence-electron chi connectivity index (χ0n) is 14.9. The van der Waals surface area contributed by atoms with Crippen LogP contribution in [-0.4, -0.2) is 43.3 Å². The van der Waals surface area contributed by atoms with Crippen molar-refractivity contribution in [3.8, 4) is 0 Å². The van der Waals surface area contributed by atoms with Gasteiger partial charge in [0, 0.05) is 31.1 Å². The molecule has 1 aliphatic heterocycles. The van der Waals surface area contributed by atoms with Gasteiger partial charge in [0.15, 0.2) is 5.96 Å². The number of aliphatic imine (C=N–C) groups is 1. The molecule has 2 N–H and O–H groups in total. The minimum absolute atomic E-state index is 0. The molecule has 6 heteroatoms. The van der Waals surface area contributed by atoms with Gasteiger partial charge in [0.05, 0.1) is 6.54 Å². The zero-order chi connectivity index (χ0) is 16.5. The number of rotatable bonds is 6. The highest BCUT2D eigenvalue weighted by Gasteiger charge is 2.31. The van der Waals surface area contributed by atoms with Crippen molar-refractivity contribution in [1.29, 1.82) is 0 Å². The maximum absolute atomic E-state index is 5.51. The lowest BCUT2D eigenvalue weighted by Gasteiger charge is -2.36. The van der Waals surface area contributed by atoms with Gasteiger partial charge in [-0.15, -0.1) is 24.0 Å². The Morgan fingerprint density at radius 1 is 1.25 bits per heavy atom. The first-order valence-corrected chi connectivity index (χ1v) is 9.61. The van der Waals surface area contributed by atoms with Crippen LogP contribution in [0.4, 0.5) is 0 Å². The van der Waals surface area contributed by atoms with E-state index in [0.717, 1.165) is 45.1 Å². The normalized spacial score (nSPS) is 17.0. The number of halogens is 1. The number of benzene rings is 1. The standard InChI is InChI=1S/C18H29N3OS.HI/c1-4-19-17(20-13-16-8-6-5-7-15(16)2)21-14-18(23-3)9-11-22-12-10-18;/h5-8H,4,9-14H2,1-3H3,(H2,19,20,21);1H. The Balaban J connectivity index is 0.00000288. The predicted molar refractivity (Wildman–Crippen MR) is 116 cm³/mol. The number of nitrogens with one attached hydrogen (secondary N) is 2. The Morgan fingerprint density at radius 3 is 2.58 bits per heavy atom. The van der Waals surface area contributed by atoms with Crippen LogP contribution in [0.3, 0.4) is 0 Å². The van der Waals surface area contributed by atoms with Gasteiger partial charge in [0.25, 0.3) is 0 Å². The summed E-state index contributed by atoms with van der Waals surface area (Å²) in [6, 6.07) is 8.42. The first kappa shape index (κ1) is 21.6. The molecule has 0 bridgehead atoms. The van der Waals surface area contributed by atoms with Crippen LogP contribution in [0.1, 0.15) is 30.9 Å². The third-order valence-corrected chi connectivity index (χ3v) is 5.85. The molecule has 0 spiro atoms. The Bertz CT molecular complexity index is 519. The van der Waals surface area contributed by atoms with Crippen LogP contribution in [-0.2, 0) is 11.3 Å². The lowest BCUT2D eigenvalue weighted by molar-refractivity contribution is 0.0783. The van der Waals surface area contributed by atoms with E-state index in [1.54, 1.807) is 0 Å². The van der Waals surface area contributed by atoms with E-state index >= 15 is 0 Å². The van der Waals surface area contributed by atoms with E-state index in [4.69, 9.17) is 9.73 Å². The summed E-state index contributed by atoms with van der Waals surface area (Å²) in [5.74, 6) is 0.899. The average Bonchev–Trinajstić information content (AvgIpc) is 2.59. The van der Waals surface area contributed by atoms with E-state index in [9.17, 15) is 0 Å². The highest BCUT2D eigenvalue weighted by atomic mass is 127. The van der Waals surface area contributed by atoms with Crippen LogP contribution in [0.15, 0.2) is 29.3 Å². The quantitative estimate of drug-likeness (QED) is 0.385. The fourth-order valence-corrected chi connectivity index (χ4v) is 3.53. The van der Waals surface area contributed by atoms with E-state index in [1.165, 1.54) is 11.1 Å². The summed E-state index contributed by atoms with van der Waals surface area (Å²) in [5, 5.41) is 6.89. The Hall–Kier alpha value is -0.470. The summed E-state index contributed by atoms with van der Waals surface area (Å²) in [6.45, 7) is 8.46. The number of aryl methyl sites for hydroxylation is 1. The SMILES string of the molecule is CCNC(=NCc1ccccc1C)NCC1(SC)CCOCC1.I. The van der Waals surface area contributed by atoms with Gasteiger partial charge in [0.2, 0.25) is 0 Å². The van der Waals surface area contributed by atoms with E-state index in [1.807, 2.05) is 11.8 Å². The molecule has 0 amide bonds. The smallest absolute Gasteiger partial charge is 0.191 e. The van der Waals surface area contributed by atoms with Crippen LogP contribution in [0, 0.1) is 6.92 Å². The Kier molecular flexibility index (Phi) is 10.1. The first-order chi connectivity index (χ1) is 11.2. The van der Waals surface area contributed by atoms with Gasteiger partial charge in [-0.25, -0.2) is 4.99 Å². The summed E-state index contributed by atoms with van der Waals surface area (Å²) >= 11 is 1.94. The van der Waals surface area contributed by atoms with Gasteiger partial charge < -0.3 is 15.4 Å². The van der Waals surface area contributed by atoms with E-state index < -0.39 is 0 Å². The number of thioether (sulfide) groups is 1.